The Labute approximate surface area is 359 Å². The maximum atomic E-state index is 13.9. The molecule has 2 aliphatic heterocycles. The molecule has 2 fully saturated rings. The molecule has 4 heterocycles. The quantitative estimate of drug-likeness (QED) is 0.0726. The lowest BCUT2D eigenvalue weighted by Gasteiger charge is -2.39. The molecule has 1 amide bonds. The molecule has 0 saturated carbocycles. The van der Waals surface area contributed by atoms with E-state index in [1.165, 1.54) is 41.5 Å². The molecule has 0 radical (unpaired) electrons. The van der Waals surface area contributed by atoms with Gasteiger partial charge in [0.2, 0.25) is 0 Å². The molecule has 0 atom stereocenters. The fraction of sp³-hybridized carbons (Fsp3) is 0.478. The number of aromatic nitrogens is 2. The van der Waals surface area contributed by atoms with Crippen molar-refractivity contribution in [1.29, 1.82) is 0 Å². The number of H-pyrrole nitrogens is 1. The number of nitrogens with one attached hydrogen (secondary N) is 3. The predicted molar refractivity (Wildman–Crippen MR) is 239 cm³/mol. The minimum Gasteiger partial charge on any atom is -0.455 e. The number of anilines is 2. The van der Waals surface area contributed by atoms with Gasteiger partial charge >= 0.3 is 0 Å². The van der Waals surface area contributed by atoms with Crippen LogP contribution in [0.2, 0.25) is 0 Å². The Morgan fingerprint density at radius 2 is 1.87 bits per heavy atom. The van der Waals surface area contributed by atoms with Crippen LogP contribution >= 0.6 is 0 Å². The second-order valence-electron chi connectivity index (χ2n) is 17.9. The van der Waals surface area contributed by atoms with Crippen molar-refractivity contribution in [1.82, 2.24) is 19.6 Å². The van der Waals surface area contributed by atoms with Crippen LogP contribution in [0.15, 0.2) is 89.1 Å². The molecule has 7 rings (SSSR count). The van der Waals surface area contributed by atoms with Crippen molar-refractivity contribution in [3.05, 3.63) is 99.9 Å². The average Bonchev–Trinajstić information content (AvgIpc) is 3.71. The number of benzene rings is 2. The minimum absolute atomic E-state index is 0.0261. The minimum atomic E-state index is -4.54. The van der Waals surface area contributed by atoms with E-state index in [2.05, 4.69) is 64.1 Å². The van der Waals surface area contributed by atoms with E-state index in [4.69, 9.17) is 9.47 Å². The SMILES string of the molecule is C=C(CCC(C)C)C1=C(CN2CCN(c3ccc(C(=O)NS(=O)(=O)c4ccc(NCC5CCOCC5)c([N+](=O)[O-])c4)c(Oc4cnc5[nH]ccc5c4)c3)CC2)CCC(C)(C)C1. The van der Waals surface area contributed by atoms with Gasteiger partial charge < -0.3 is 24.7 Å². The van der Waals surface area contributed by atoms with Gasteiger partial charge in [0.15, 0.2) is 0 Å². The number of allylic oxidation sites excluding steroid dienone is 2. The summed E-state index contributed by atoms with van der Waals surface area (Å²) in [5, 5.41) is 16.0. The zero-order valence-electron chi connectivity index (χ0n) is 35.8. The number of hydrogen-bond donors (Lipinski definition) is 3. The molecule has 2 aromatic heterocycles. The van der Waals surface area contributed by atoms with Crippen LogP contribution in [0, 0.1) is 27.4 Å². The molecule has 3 aliphatic rings. The van der Waals surface area contributed by atoms with Gasteiger partial charge in [0.25, 0.3) is 21.6 Å². The number of nitro benzene ring substituents is 1. The summed E-state index contributed by atoms with van der Waals surface area (Å²) in [5.41, 5.74) is 5.80. The van der Waals surface area contributed by atoms with Crippen molar-refractivity contribution in [2.45, 2.75) is 77.5 Å². The fourth-order valence-electron chi connectivity index (χ4n) is 8.43. The number of ether oxygens (including phenoxy) is 2. The van der Waals surface area contributed by atoms with Crippen LogP contribution in [0.5, 0.6) is 11.5 Å². The standard InChI is InChI=1S/C46H59N7O7S/c1-31(2)6-7-32(3)40-27-46(4,5)16-12-35(40)30-51-18-20-52(21-19-51)36-8-10-39(43(25-36)60-37-24-34-13-17-47-44(34)49-29-37)45(54)50-61(57,58)38-9-11-41(42(26-38)53(55)56)48-28-33-14-22-59-23-15-33/h8-11,13,17,24-26,29,31,33,48H,3,6-7,12,14-16,18-23,27-28,30H2,1-2,4-5H3,(H,47,49)(H,50,54). The maximum Gasteiger partial charge on any atom is 0.293 e. The Morgan fingerprint density at radius 3 is 2.61 bits per heavy atom. The van der Waals surface area contributed by atoms with Gasteiger partial charge in [-0.25, -0.2) is 18.1 Å². The summed E-state index contributed by atoms with van der Waals surface area (Å²) in [6.45, 7) is 19.7. The highest BCUT2D eigenvalue weighted by atomic mass is 32.2. The summed E-state index contributed by atoms with van der Waals surface area (Å²) in [6.07, 6.45) is 10.4. The second-order valence-corrected chi connectivity index (χ2v) is 19.6. The Balaban J connectivity index is 1.08. The number of sulfonamides is 1. The Kier molecular flexibility index (Phi) is 13.5. The Hall–Kier alpha value is -5.25. The van der Waals surface area contributed by atoms with Gasteiger partial charge in [0, 0.05) is 81.9 Å². The van der Waals surface area contributed by atoms with Crippen molar-refractivity contribution in [3.63, 3.8) is 0 Å². The molecule has 4 aromatic rings. The van der Waals surface area contributed by atoms with Crippen molar-refractivity contribution >= 4 is 44.0 Å². The highest BCUT2D eigenvalue weighted by Crippen LogP contribution is 2.42. The highest BCUT2D eigenvalue weighted by Gasteiger charge is 2.31. The van der Waals surface area contributed by atoms with Gasteiger partial charge in [-0.1, -0.05) is 45.4 Å². The van der Waals surface area contributed by atoms with Crippen LogP contribution in [0.4, 0.5) is 17.1 Å². The molecule has 0 bridgehead atoms. The first-order valence-electron chi connectivity index (χ1n) is 21.4. The van der Waals surface area contributed by atoms with Gasteiger partial charge in [-0.2, -0.15) is 0 Å². The third-order valence-corrected chi connectivity index (χ3v) is 13.6. The molecule has 15 heteroatoms. The molecule has 61 heavy (non-hydrogen) atoms. The lowest BCUT2D eigenvalue weighted by atomic mass is 9.72. The number of piperazine rings is 1. The first-order valence-corrected chi connectivity index (χ1v) is 22.9. The van der Waals surface area contributed by atoms with E-state index in [1.54, 1.807) is 30.5 Å². The molecule has 0 spiro atoms. The number of pyridine rings is 1. The number of fused-ring (bicyclic) bond motifs is 1. The Morgan fingerprint density at radius 1 is 1.10 bits per heavy atom. The molecule has 3 N–H and O–H groups in total. The first kappa shape index (κ1) is 43.8. The third kappa shape index (κ3) is 11.0. The summed E-state index contributed by atoms with van der Waals surface area (Å²) < 4.78 is 41.2. The summed E-state index contributed by atoms with van der Waals surface area (Å²) in [6, 6.07) is 12.3. The summed E-state index contributed by atoms with van der Waals surface area (Å²) in [7, 11) is -4.54. The van der Waals surface area contributed by atoms with Crippen LogP contribution in [-0.2, 0) is 14.8 Å². The van der Waals surface area contributed by atoms with E-state index >= 15 is 0 Å². The molecule has 326 valence electrons. The highest BCUT2D eigenvalue weighted by molar-refractivity contribution is 7.90. The van der Waals surface area contributed by atoms with Crippen LogP contribution in [-0.4, -0.2) is 86.6 Å². The molecule has 14 nitrogen and oxygen atoms in total. The predicted octanol–water partition coefficient (Wildman–Crippen LogP) is 8.84. The number of rotatable bonds is 16. The third-order valence-electron chi connectivity index (χ3n) is 12.2. The number of amides is 1. The average molecular weight is 854 g/mol. The van der Waals surface area contributed by atoms with Crippen LogP contribution in [0.3, 0.4) is 0 Å². The van der Waals surface area contributed by atoms with Gasteiger partial charge in [-0.05, 0) is 104 Å². The van der Waals surface area contributed by atoms with Gasteiger partial charge in [0.1, 0.15) is 22.8 Å². The van der Waals surface area contributed by atoms with Gasteiger partial charge in [0.05, 0.1) is 21.6 Å². The summed E-state index contributed by atoms with van der Waals surface area (Å²) in [5.74, 6) is 0.473. The summed E-state index contributed by atoms with van der Waals surface area (Å²) >= 11 is 0. The van der Waals surface area contributed by atoms with Crippen LogP contribution in [0.25, 0.3) is 11.0 Å². The van der Waals surface area contributed by atoms with Crippen LogP contribution in [0.1, 0.15) is 83.0 Å². The Bertz CT molecular complexity index is 2390. The number of hydrogen-bond acceptors (Lipinski definition) is 11. The molecule has 1 aliphatic carbocycles. The van der Waals surface area contributed by atoms with E-state index in [0.717, 1.165) is 88.4 Å². The molecular formula is C46H59N7O7S. The number of aromatic amines is 1. The molecule has 2 saturated heterocycles. The van der Waals surface area contributed by atoms with E-state index in [-0.39, 0.29) is 28.3 Å². The number of carbonyl (C=O) groups is 1. The normalized spacial score (nSPS) is 17.8. The van der Waals surface area contributed by atoms with Crippen molar-refractivity contribution < 1.29 is 27.6 Å². The topological polar surface area (TPSA) is 172 Å². The fourth-order valence-corrected chi connectivity index (χ4v) is 9.42. The number of nitro groups is 1. The first-order chi connectivity index (χ1) is 29.1. The number of nitrogens with zero attached hydrogens (tertiary/aromatic N) is 4. The lowest BCUT2D eigenvalue weighted by molar-refractivity contribution is -0.384. The molecular weight excluding hydrogens is 795 g/mol. The van der Waals surface area contributed by atoms with Crippen molar-refractivity contribution in [2.24, 2.45) is 17.3 Å². The second kappa shape index (κ2) is 18.8. The van der Waals surface area contributed by atoms with Crippen molar-refractivity contribution in [2.75, 3.05) is 62.7 Å². The van der Waals surface area contributed by atoms with E-state index in [1.807, 2.05) is 6.07 Å². The van der Waals surface area contributed by atoms with E-state index < -0.39 is 31.4 Å². The number of carbonyl (C=O) groups excluding carboxylic acids is 1. The smallest absolute Gasteiger partial charge is 0.293 e. The molecule has 2 aromatic carbocycles. The van der Waals surface area contributed by atoms with Gasteiger partial charge in [-0.15, -0.1) is 0 Å². The maximum absolute atomic E-state index is 13.9. The van der Waals surface area contributed by atoms with Crippen LogP contribution < -0.4 is 19.7 Å². The van der Waals surface area contributed by atoms with Gasteiger partial charge in [-0.3, -0.25) is 19.8 Å². The molecule has 0 unspecified atom stereocenters. The zero-order chi connectivity index (χ0) is 43.3. The van der Waals surface area contributed by atoms with E-state index in [9.17, 15) is 23.3 Å². The van der Waals surface area contributed by atoms with E-state index in [0.29, 0.717) is 37.1 Å². The van der Waals surface area contributed by atoms with Crippen molar-refractivity contribution in [3.8, 4) is 11.5 Å². The zero-order valence-corrected chi connectivity index (χ0v) is 36.6. The summed E-state index contributed by atoms with van der Waals surface area (Å²) in [4.78, 5) is 37.2. The lowest BCUT2D eigenvalue weighted by Crippen LogP contribution is -2.47. The monoisotopic (exact) mass is 853 g/mol. The largest absolute Gasteiger partial charge is 0.455 e.